The Balaban J connectivity index is 3.25. The van der Waals surface area contributed by atoms with Gasteiger partial charge in [-0.3, -0.25) is 9.79 Å². The minimum Gasteiger partial charge on any atom is -0.404 e. The highest BCUT2D eigenvalue weighted by Gasteiger charge is 2.02. The topological polar surface area (TPSA) is 71.2 Å². The Morgan fingerprint density at radius 2 is 2.36 bits per heavy atom. The van der Waals surface area contributed by atoms with Crippen molar-refractivity contribution in [3.8, 4) is 0 Å². The van der Waals surface area contributed by atoms with Crippen LogP contribution < -0.4 is 11.3 Å². The second-order valence-corrected chi connectivity index (χ2v) is 2.90. The number of hydrogen-bond donors (Lipinski definition) is 2. The summed E-state index contributed by atoms with van der Waals surface area (Å²) >= 11 is 0. The number of nitrogens with one attached hydrogen (secondary N) is 1. The van der Waals surface area contributed by atoms with E-state index in [1.807, 2.05) is 6.92 Å². The highest BCUT2D eigenvalue weighted by atomic mass is 16.1. The van der Waals surface area contributed by atoms with Crippen molar-refractivity contribution in [3.63, 3.8) is 0 Å². The van der Waals surface area contributed by atoms with Crippen molar-refractivity contribution in [2.45, 2.75) is 6.92 Å². The fraction of sp³-hybridized carbons (Fsp3) is 0.200. The quantitative estimate of drug-likeness (QED) is 0.675. The first-order valence-corrected chi connectivity index (χ1v) is 4.22. The molecule has 0 unspecified atom stereocenters. The third-order valence-corrected chi connectivity index (χ3v) is 1.89. The third-order valence-electron chi connectivity index (χ3n) is 1.89. The lowest BCUT2D eigenvalue weighted by atomic mass is 10.1. The van der Waals surface area contributed by atoms with Crippen molar-refractivity contribution in [3.05, 3.63) is 39.9 Å². The van der Waals surface area contributed by atoms with E-state index >= 15 is 0 Å². The number of nitrogens with zero attached hydrogens (tertiary/aromatic N) is 1. The molecule has 1 aromatic heterocycles. The van der Waals surface area contributed by atoms with Crippen molar-refractivity contribution in [1.29, 1.82) is 0 Å². The Morgan fingerprint density at radius 3 is 2.86 bits per heavy atom. The van der Waals surface area contributed by atoms with Crippen molar-refractivity contribution in [2.75, 3.05) is 7.05 Å². The molecule has 0 saturated carbocycles. The van der Waals surface area contributed by atoms with Gasteiger partial charge in [-0.15, -0.1) is 0 Å². The lowest BCUT2D eigenvalue weighted by Gasteiger charge is -2.03. The molecule has 74 valence electrons. The molecule has 0 saturated heterocycles. The van der Waals surface area contributed by atoms with Crippen LogP contribution in [0.5, 0.6) is 0 Å². The van der Waals surface area contributed by atoms with Gasteiger partial charge in [-0.25, -0.2) is 0 Å². The first kappa shape index (κ1) is 10.2. The van der Waals surface area contributed by atoms with Gasteiger partial charge in [0.2, 0.25) is 5.56 Å². The normalized spacial score (nSPS) is 12.3. The van der Waals surface area contributed by atoms with E-state index in [4.69, 9.17) is 5.73 Å². The number of H-pyrrole nitrogens is 1. The zero-order valence-corrected chi connectivity index (χ0v) is 8.24. The second kappa shape index (κ2) is 4.41. The second-order valence-electron chi connectivity index (χ2n) is 2.90. The highest BCUT2D eigenvalue weighted by molar-refractivity contribution is 6.09. The molecule has 0 bridgehead atoms. The Morgan fingerprint density at radius 1 is 1.64 bits per heavy atom. The van der Waals surface area contributed by atoms with Gasteiger partial charge in [-0.2, -0.15) is 0 Å². The summed E-state index contributed by atoms with van der Waals surface area (Å²) in [5, 5.41) is 0. The molecule has 0 atom stereocenters. The van der Waals surface area contributed by atoms with Crippen LogP contribution in [0.3, 0.4) is 0 Å². The van der Waals surface area contributed by atoms with E-state index in [2.05, 4.69) is 9.98 Å². The van der Waals surface area contributed by atoms with Crippen LogP contribution in [-0.4, -0.2) is 18.2 Å². The number of allylic oxidation sites excluding steroid dienone is 1. The minimum atomic E-state index is -0.115. The van der Waals surface area contributed by atoms with E-state index in [0.29, 0.717) is 0 Å². The Hall–Kier alpha value is -1.84. The summed E-state index contributed by atoms with van der Waals surface area (Å²) in [5.41, 5.74) is 7.90. The molecule has 3 N–H and O–H groups in total. The van der Waals surface area contributed by atoms with Crippen LogP contribution in [0.4, 0.5) is 0 Å². The van der Waals surface area contributed by atoms with Gasteiger partial charge in [0.15, 0.2) is 0 Å². The molecule has 1 rings (SSSR count). The van der Waals surface area contributed by atoms with Gasteiger partial charge in [0.25, 0.3) is 0 Å². The maximum atomic E-state index is 11.0. The number of rotatable bonds is 2. The zero-order valence-electron chi connectivity index (χ0n) is 8.24. The maximum absolute atomic E-state index is 11.0. The Labute approximate surface area is 82.2 Å². The monoisotopic (exact) mass is 191 g/mol. The molecule has 4 nitrogen and oxygen atoms in total. The van der Waals surface area contributed by atoms with Crippen molar-refractivity contribution < 1.29 is 0 Å². The molecule has 0 amide bonds. The average molecular weight is 191 g/mol. The number of aliphatic imine (C=N–C) groups is 1. The largest absolute Gasteiger partial charge is 0.404 e. The van der Waals surface area contributed by atoms with Gasteiger partial charge in [-0.05, 0) is 12.5 Å². The summed E-state index contributed by atoms with van der Waals surface area (Å²) in [6.07, 6.45) is 4.76. The lowest BCUT2D eigenvalue weighted by Crippen LogP contribution is -2.06. The molecule has 1 aromatic rings. The predicted molar refractivity (Wildman–Crippen MR) is 58.4 cm³/mol. The molecular weight excluding hydrogens is 178 g/mol. The fourth-order valence-corrected chi connectivity index (χ4v) is 1.23. The summed E-state index contributed by atoms with van der Waals surface area (Å²) in [7, 11) is 1.67. The summed E-state index contributed by atoms with van der Waals surface area (Å²) in [6, 6.07) is 1.53. The average Bonchev–Trinajstić information content (AvgIpc) is 2.15. The molecule has 0 aliphatic heterocycles. The standard InChI is InChI=1S/C10H13N3O/c1-7-3-10(14)13-6-9(7)8(4-11)5-12-2/h3-6H,11H2,1-2H3,(H,13,14). The summed E-state index contributed by atoms with van der Waals surface area (Å²) in [6.45, 7) is 1.86. The van der Waals surface area contributed by atoms with Crippen LogP contribution in [0, 0.1) is 6.92 Å². The number of aromatic nitrogens is 1. The van der Waals surface area contributed by atoms with Gasteiger partial charge in [0.05, 0.1) is 0 Å². The van der Waals surface area contributed by atoms with Gasteiger partial charge in [0.1, 0.15) is 0 Å². The van der Waals surface area contributed by atoms with E-state index < -0.39 is 0 Å². The summed E-state index contributed by atoms with van der Waals surface area (Å²) in [5.74, 6) is 0. The maximum Gasteiger partial charge on any atom is 0.248 e. The van der Waals surface area contributed by atoms with E-state index in [9.17, 15) is 4.79 Å². The first-order chi connectivity index (χ1) is 6.69. The minimum absolute atomic E-state index is 0.115. The van der Waals surface area contributed by atoms with Crippen molar-refractivity contribution >= 4 is 11.8 Å². The SMILES string of the molecule is CN=CC(=CN)c1c[nH]c(=O)cc1C. The predicted octanol–water partition coefficient (Wildman–Crippen LogP) is 0.684. The molecule has 0 radical (unpaired) electrons. The number of hydrogen-bond acceptors (Lipinski definition) is 3. The number of pyridine rings is 1. The lowest BCUT2D eigenvalue weighted by molar-refractivity contribution is 1.19. The molecular formula is C10H13N3O. The van der Waals surface area contributed by atoms with E-state index in [1.165, 1.54) is 12.3 Å². The Bertz CT molecular complexity index is 429. The van der Waals surface area contributed by atoms with Gasteiger partial charge in [0, 0.05) is 42.9 Å². The van der Waals surface area contributed by atoms with Crippen LogP contribution in [0.1, 0.15) is 11.1 Å². The number of aromatic amines is 1. The third kappa shape index (κ3) is 2.10. The molecule has 14 heavy (non-hydrogen) atoms. The molecule has 0 aliphatic carbocycles. The fourth-order valence-electron chi connectivity index (χ4n) is 1.23. The molecule has 4 heteroatoms. The summed E-state index contributed by atoms with van der Waals surface area (Å²) in [4.78, 5) is 17.5. The van der Waals surface area contributed by atoms with Crippen molar-refractivity contribution in [2.24, 2.45) is 10.7 Å². The van der Waals surface area contributed by atoms with E-state index in [1.54, 1.807) is 19.5 Å². The first-order valence-electron chi connectivity index (χ1n) is 4.22. The van der Waals surface area contributed by atoms with E-state index in [-0.39, 0.29) is 5.56 Å². The van der Waals surface area contributed by atoms with Gasteiger partial charge in [-0.1, -0.05) is 0 Å². The Kier molecular flexibility index (Phi) is 3.23. The van der Waals surface area contributed by atoms with E-state index in [0.717, 1.165) is 16.7 Å². The van der Waals surface area contributed by atoms with Crippen LogP contribution in [-0.2, 0) is 0 Å². The molecule has 0 fully saturated rings. The van der Waals surface area contributed by atoms with Crippen LogP contribution in [0.25, 0.3) is 5.57 Å². The highest BCUT2D eigenvalue weighted by Crippen LogP contribution is 2.13. The molecule has 0 spiro atoms. The van der Waals surface area contributed by atoms with Gasteiger partial charge >= 0.3 is 0 Å². The molecule has 0 aromatic carbocycles. The van der Waals surface area contributed by atoms with Crippen LogP contribution >= 0.6 is 0 Å². The van der Waals surface area contributed by atoms with Crippen LogP contribution in [0.15, 0.2) is 28.3 Å². The van der Waals surface area contributed by atoms with Crippen LogP contribution in [0.2, 0.25) is 0 Å². The van der Waals surface area contributed by atoms with Gasteiger partial charge < -0.3 is 10.7 Å². The summed E-state index contributed by atoms with van der Waals surface area (Å²) < 4.78 is 0. The smallest absolute Gasteiger partial charge is 0.248 e. The van der Waals surface area contributed by atoms with Crippen molar-refractivity contribution in [1.82, 2.24) is 4.98 Å². The molecule has 1 heterocycles. The number of aryl methyl sites for hydroxylation is 1. The molecule has 0 aliphatic rings. The number of nitrogens with two attached hydrogens (primary N) is 1. The zero-order chi connectivity index (χ0) is 10.6.